The minimum atomic E-state index is -1.03. The summed E-state index contributed by atoms with van der Waals surface area (Å²) in [5.41, 5.74) is 3.37. The summed E-state index contributed by atoms with van der Waals surface area (Å²) in [5, 5.41) is 6.98. The number of benzene rings is 1. The van der Waals surface area contributed by atoms with Crippen molar-refractivity contribution in [3.63, 3.8) is 0 Å². The molecule has 0 fully saturated rings. The van der Waals surface area contributed by atoms with Gasteiger partial charge in [-0.05, 0) is 39.8 Å². The third kappa shape index (κ3) is 4.32. The van der Waals surface area contributed by atoms with Gasteiger partial charge in [-0.15, -0.1) is 0 Å². The first-order valence-electron chi connectivity index (χ1n) is 9.40. The van der Waals surface area contributed by atoms with Crippen molar-refractivity contribution < 1.29 is 23.5 Å². The highest BCUT2D eigenvalue weighted by Crippen LogP contribution is 2.24. The number of hydrogen-bond donors (Lipinski definition) is 1. The summed E-state index contributed by atoms with van der Waals surface area (Å²) < 4.78 is 12.5. The highest BCUT2D eigenvalue weighted by atomic mass is 16.6. The number of anilines is 1. The number of furan rings is 1. The van der Waals surface area contributed by atoms with E-state index < -0.39 is 18.0 Å². The Kier molecular flexibility index (Phi) is 5.86. The summed E-state index contributed by atoms with van der Waals surface area (Å²) in [6.07, 6.45) is -1.03. The van der Waals surface area contributed by atoms with Gasteiger partial charge in [-0.2, -0.15) is 5.10 Å². The normalized spacial score (nSPS) is 11.8. The number of nitrogens with zero attached hydrogens (tertiary/aromatic N) is 2. The molecule has 0 spiro atoms. The van der Waals surface area contributed by atoms with E-state index in [1.165, 1.54) is 19.9 Å². The molecule has 0 aliphatic heterocycles. The number of aryl methyl sites for hydroxylation is 2. The van der Waals surface area contributed by atoms with E-state index >= 15 is 0 Å². The Labute approximate surface area is 173 Å². The molecule has 0 bridgehead atoms. The number of nitrogens with one attached hydrogen (secondary N) is 1. The lowest BCUT2D eigenvalue weighted by molar-refractivity contribution is -0.123. The molecule has 1 amide bonds. The predicted octanol–water partition coefficient (Wildman–Crippen LogP) is 3.68. The van der Waals surface area contributed by atoms with E-state index in [2.05, 4.69) is 10.4 Å². The van der Waals surface area contributed by atoms with Crippen LogP contribution in [-0.4, -0.2) is 33.5 Å². The van der Waals surface area contributed by atoms with Crippen molar-refractivity contribution >= 4 is 23.3 Å². The van der Waals surface area contributed by atoms with Crippen molar-refractivity contribution in [3.05, 3.63) is 59.1 Å². The van der Waals surface area contributed by atoms with Gasteiger partial charge in [0.2, 0.25) is 5.76 Å². The maximum Gasteiger partial charge on any atom is 0.375 e. The van der Waals surface area contributed by atoms with Crippen LogP contribution < -0.4 is 5.32 Å². The molecule has 3 rings (SSSR count). The van der Waals surface area contributed by atoms with Gasteiger partial charge in [0.1, 0.15) is 5.76 Å². The van der Waals surface area contributed by atoms with Crippen LogP contribution in [0.5, 0.6) is 0 Å². The lowest BCUT2D eigenvalue weighted by Crippen LogP contribution is -2.30. The zero-order valence-corrected chi connectivity index (χ0v) is 17.5. The zero-order valence-electron chi connectivity index (χ0n) is 17.5. The summed E-state index contributed by atoms with van der Waals surface area (Å²) in [6.45, 7) is 6.59. The van der Waals surface area contributed by atoms with E-state index in [1.807, 2.05) is 6.92 Å². The molecule has 1 N–H and O–H groups in total. The molecule has 8 heteroatoms. The number of ketones is 1. The number of carbonyl (C=O) groups excluding carboxylic acids is 3. The molecule has 1 atom stereocenters. The van der Waals surface area contributed by atoms with Crippen molar-refractivity contribution in [3.8, 4) is 11.3 Å². The van der Waals surface area contributed by atoms with Crippen LogP contribution in [0.4, 0.5) is 5.69 Å². The van der Waals surface area contributed by atoms with Crippen LogP contribution in [-0.2, 0) is 16.6 Å². The van der Waals surface area contributed by atoms with Crippen LogP contribution in [0.1, 0.15) is 46.1 Å². The van der Waals surface area contributed by atoms with Gasteiger partial charge in [0.15, 0.2) is 11.9 Å². The van der Waals surface area contributed by atoms with E-state index in [4.69, 9.17) is 9.15 Å². The molecule has 30 heavy (non-hydrogen) atoms. The van der Waals surface area contributed by atoms with Crippen molar-refractivity contribution in [2.75, 3.05) is 5.32 Å². The second-order valence-corrected chi connectivity index (χ2v) is 7.00. The lowest BCUT2D eigenvalue weighted by Gasteiger charge is -2.13. The van der Waals surface area contributed by atoms with Gasteiger partial charge in [-0.3, -0.25) is 14.3 Å². The van der Waals surface area contributed by atoms with E-state index in [9.17, 15) is 14.4 Å². The fraction of sp³-hybridized carbons (Fsp3) is 0.273. The van der Waals surface area contributed by atoms with E-state index in [0.717, 1.165) is 5.69 Å². The quantitative estimate of drug-likeness (QED) is 0.492. The number of aromatic nitrogens is 2. The number of esters is 1. The summed E-state index contributed by atoms with van der Waals surface area (Å²) in [5.74, 6) is -0.808. The van der Waals surface area contributed by atoms with Crippen LogP contribution in [0, 0.1) is 13.8 Å². The summed E-state index contributed by atoms with van der Waals surface area (Å²) in [6, 6.07) is 9.96. The average Bonchev–Trinajstić information content (AvgIpc) is 3.29. The van der Waals surface area contributed by atoms with E-state index in [1.54, 1.807) is 49.0 Å². The number of rotatable bonds is 6. The Morgan fingerprint density at radius 1 is 1.10 bits per heavy atom. The minimum absolute atomic E-state index is 0.0194. The molecule has 0 saturated carbocycles. The Hall–Kier alpha value is -3.68. The molecular weight excluding hydrogens is 386 g/mol. The Balaban J connectivity index is 1.65. The topological polar surface area (TPSA) is 103 Å². The molecule has 0 unspecified atom stereocenters. The van der Waals surface area contributed by atoms with Crippen molar-refractivity contribution in [2.45, 2.75) is 33.8 Å². The number of hydrogen-bond acceptors (Lipinski definition) is 6. The summed E-state index contributed by atoms with van der Waals surface area (Å²) in [7, 11) is 1.78. The van der Waals surface area contributed by atoms with Crippen LogP contribution in [0.2, 0.25) is 0 Å². The fourth-order valence-electron chi connectivity index (χ4n) is 2.92. The molecular formula is C22H23N3O5. The van der Waals surface area contributed by atoms with Crippen molar-refractivity contribution in [1.82, 2.24) is 9.78 Å². The molecule has 2 heterocycles. The molecule has 0 aliphatic rings. The third-order valence-electron chi connectivity index (χ3n) is 4.79. The summed E-state index contributed by atoms with van der Waals surface area (Å²) >= 11 is 0. The standard InChI is InChI=1S/C22H23N3O5/c1-12-20(13(2)25(5)24-12)23-21(27)15(4)29-22(28)19-11-10-18(30-19)17-8-6-16(7-9-17)14(3)26/h6-11,15H,1-5H3,(H,23,27)/t15-/m1/s1. The number of ether oxygens (including phenoxy) is 1. The Bertz CT molecular complexity index is 1110. The fourth-order valence-corrected chi connectivity index (χ4v) is 2.92. The molecule has 0 radical (unpaired) electrons. The average molecular weight is 409 g/mol. The SMILES string of the molecule is CC(=O)c1ccc(-c2ccc(C(=O)O[C@H](C)C(=O)Nc3c(C)nn(C)c3C)o2)cc1. The second-order valence-electron chi connectivity index (χ2n) is 7.00. The molecule has 0 saturated heterocycles. The smallest absolute Gasteiger partial charge is 0.375 e. The first-order valence-corrected chi connectivity index (χ1v) is 9.40. The van der Waals surface area contributed by atoms with Crippen LogP contribution in [0.25, 0.3) is 11.3 Å². The Morgan fingerprint density at radius 3 is 2.33 bits per heavy atom. The van der Waals surface area contributed by atoms with Gasteiger partial charge in [0, 0.05) is 18.2 Å². The highest BCUT2D eigenvalue weighted by Gasteiger charge is 2.23. The van der Waals surface area contributed by atoms with Gasteiger partial charge in [-0.1, -0.05) is 24.3 Å². The maximum absolute atomic E-state index is 12.4. The van der Waals surface area contributed by atoms with Crippen LogP contribution in [0.15, 0.2) is 40.8 Å². The first kappa shape index (κ1) is 21.0. The highest BCUT2D eigenvalue weighted by molar-refractivity contribution is 5.97. The van der Waals surface area contributed by atoms with Crippen LogP contribution in [0.3, 0.4) is 0 Å². The van der Waals surface area contributed by atoms with E-state index in [-0.39, 0.29) is 11.5 Å². The molecule has 3 aromatic rings. The number of amides is 1. The van der Waals surface area contributed by atoms with Gasteiger partial charge >= 0.3 is 5.97 Å². The minimum Gasteiger partial charge on any atom is -0.449 e. The molecule has 0 aliphatic carbocycles. The van der Waals surface area contributed by atoms with Crippen LogP contribution >= 0.6 is 0 Å². The molecule has 8 nitrogen and oxygen atoms in total. The number of Topliss-reactive ketones (excluding diaryl/α,β-unsaturated/α-hetero) is 1. The van der Waals surface area contributed by atoms with Gasteiger partial charge in [0.05, 0.1) is 17.1 Å². The molecule has 2 aromatic heterocycles. The summed E-state index contributed by atoms with van der Waals surface area (Å²) in [4.78, 5) is 36.2. The molecule has 156 valence electrons. The van der Waals surface area contributed by atoms with Crippen molar-refractivity contribution in [1.29, 1.82) is 0 Å². The maximum atomic E-state index is 12.4. The number of carbonyl (C=O) groups is 3. The largest absolute Gasteiger partial charge is 0.449 e. The van der Waals surface area contributed by atoms with Gasteiger partial charge < -0.3 is 14.5 Å². The zero-order chi connectivity index (χ0) is 22.0. The Morgan fingerprint density at radius 2 is 1.77 bits per heavy atom. The van der Waals surface area contributed by atoms with Gasteiger partial charge in [-0.25, -0.2) is 4.79 Å². The second kappa shape index (κ2) is 8.36. The predicted molar refractivity (Wildman–Crippen MR) is 110 cm³/mol. The monoisotopic (exact) mass is 409 g/mol. The lowest BCUT2D eigenvalue weighted by atomic mass is 10.1. The third-order valence-corrected chi connectivity index (χ3v) is 4.79. The first-order chi connectivity index (χ1) is 14.2. The van der Waals surface area contributed by atoms with Crippen molar-refractivity contribution in [2.24, 2.45) is 7.05 Å². The van der Waals surface area contributed by atoms with Gasteiger partial charge in [0.25, 0.3) is 5.91 Å². The molecule has 1 aromatic carbocycles. The van der Waals surface area contributed by atoms with E-state index in [0.29, 0.717) is 28.3 Å².